The third-order valence-corrected chi connectivity index (χ3v) is 2.35. The van der Waals surface area contributed by atoms with Crippen molar-refractivity contribution in [2.45, 2.75) is 32.2 Å². The van der Waals surface area contributed by atoms with Crippen LogP contribution in [0.1, 0.15) is 37.2 Å². The monoisotopic (exact) mass is 252 g/mol. The van der Waals surface area contributed by atoms with Gasteiger partial charge in [-0.25, -0.2) is 0 Å². The molecular weight excluding hydrogens is 236 g/mol. The molecule has 0 spiro atoms. The lowest BCUT2D eigenvalue weighted by molar-refractivity contribution is -0.137. The fourth-order valence-electron chi connectivity index (χ4n) is 1.36. The van der Waals surface area contributed by atoms with Crippen molar-refractivity contribution < 1.29 is 14.7 Å². The van der Waals surface area contributed by atoms with E-state index in [-0.39, 0.29) is 12.1 Å². The predicted molar refractivity (Wildman–Crippen MR) is 65.1 cm³/mol. The first-order valence-corrected chi connectivity index (χ1v) is 5.44. The molecule has 0 aliphatic rings. The number of aromatic nitrogens is 2. The van der Waals surface area contributed by atoms with Crippen LogP contribution in [0.25, 0.3) is 0 Å². The van der Waals surface area contributed by atoms with Crippen molar-refractivity contribution in [1.29, 1.82) is 0 Å². The van der Waals surface area contributed by atoms with Crippen molar-refractivity contribution in [3.05, 3.63) is 17.8 Å². The van der Waals surface area contributed by atoms with E-state index in [0.717, 1.165) is 0 Å². The Hall–Kier alpha value is -2.18. The third kappa shape index (κ3) is 4.36. The summed E-state index contributed by atoms with van der Waals surface area (Å²) in [4.78, 5) is 21.3. The van der Waals surface area contributed by atoms with Crippen LogP contribution in [0, 0.1) is 0 Å². The molecule has 0 aromatic carbocycles. The molecule has 98 valence electrons. The molecule has 4 N–H and O–H groups in total. The second-order valence-electron chi connectivity index (χ2n) is 4.57. The average molecular weight is 252 g/mol. The maximum Gasteiger partial charge on any atom is 0.303 e. The van der Waals surface area contributed by atoms with Crippen molar-refractivity contribution in [3.63, 3.8) is 0 Å². The van der Waals surface area contributed by atoms with E-state index >= 15 is 0 Å². The van der Waals surface area contributed by atoms with Gasteiger partial charge in [0, 0.05) is 12.0 Å². The highest BCUT2D eigenvalue weighted by Crippen LogP contribution is 2.17. The van der Waals surface area contributed by atoms with E-state index in [0.29, 0.717) is 12.2 Å². The maximum atomic E-state index is 10.8. The summed E-state index contributed by atoms with van der Waals surface area (Å²) in [5, 5.41) is 19.1. The second kappa shape index (κ2) is 5.44. The third-order valence-electron chi connectivity index (χ3n) is 2.35. The molecule has 0 aliphatic carbocycles. The van der Waals surface area contributed by atoms with Crippen molar-refractivity contribution >= 4 is 17.7 Å². The Morgan fingerprint density at radius 3 is 2.50 bits per heavy atom. The van der Waals surface area contributed by atoms with Crippen LogP contribution in [0.2, 0.25) is 0 Å². The standard InChI is InChI=1S/C11H16N4O3/c1-11(2,6-5-9(16)17)13-8-4-3-7(10(12)18)14-15-8/h3-4H,5-6H2,1-2H3,(H2,12,18)(H,13,15)(H,16,17). The van der Waals surface area contributed by atoms with E-state index in [1.807, 2.05) is 13.8 Å². The number of rotatable bonds is 6. The molecule has 0 saturated heterocycles. The maximum absolute atomic E-state index is 10.8. The summed E-state index contributed by atoms with van der Waals surface area (Å²) in [6.45, 7) is 3.72. The van der Waals surface area contributed by atoms with E-state index in [1.54, 1.807) is 6.07 Å². The Balaban J connectivity index is 2.65. The van der Waals surface area contributed by atoms with Crippen LogP contribution >= 0.6 is 0 Å². The van der Waals surface area contributed by atoms with E-state index < -0.39 is 17.4 Å². The summed E-state index contributed by atoms with van der Waals surface area (Å²) >= 11 is 0. The molecule has 1 aromatic rings. The SMILES string of the molecule is CC(C)(CCC(=O)O)Nc1ccc(C(N)=O)nn1. The van der Waals surface area contributed by atoms with Gasteiger partial charge in [-0.3, -0.25) is 9.59 Å². The zero-order valence-electron chi connectivity index (χ0n) is 10.3. The molecule has 0 aliphatic heterocycles. The first-order chi connectivity index (χ1) is 8.30. The molecule has 0 radical (unpaired) electrons. The Morgan fingerprint density at radius 1 is 1.39 bits per heavy atom. The minimum atomic E-state index is -0.847. The van der Waals surface area contributed by atoms with Crippen LogP contribution in [0.4, 0.5) is 5.82 Å². The molecule has 0 saturated carbocycles. The highest BCUT2D eigenvalue weighted by atomic mass is 16.4. The quantitative estimate of drug-likeness (QED) is 0.683. The molecule has 1 rings (SSSR count). The number of nitrogens with two attached hydrogens (primary N) is 1. The Kier molecular flexibility index (Phi) is 4.19. The molecule has 1 amide bonds. The van der Waals surface area contributed by atoms with Crippen LogP contribution in [0.5, 0.6) is 0 Å². The number of anilines is 1. The number of carboxylic acids is 1. The number of carboxylic acid groups (broad SMARTS) is 1. The summed E-state index contributed by atoms with van der Waals surface area (Å²) in [5.41, 5.74) is 4.70. The van der Waals surface area contributed by atoms with E-state index in [9.17, 15) is 9.59 Å². The van der Waals surface area contributed by atoms with Crippen molar-refractivity contribution in [1.82, 2.24) is 10.2 Å². The average Bonchev–Trinajstić information content (AvgIpc) is 2.27. The minimum absolute atomic E-state index is 0.0623. The summed E-state index contributed by atoms with van der Waals surface area (Å²) in [5.74, 6) is -1.02. The molecular formula is C11H16N4O3. The highest BCUT2D eigenvalue weighted by molar-refractivity contribution is 5.90. The number of hydrogen-bond acceptors (Lipinski definition) is 5. The second-order valence-corrected chi connectivity index (χ2v) is 4.57. The number of aliphatic carboxylic acids is 1. The normalized spacial score (nSPS) is 11.0. The molecule has 7 heteroatoms. The van der Waals surface area contributed by atoms with Crippen LogP contribution in [0.3, 0.4) is 0 Å². The zero-order chi connectivity index (χ0) is 13.8. The fourth-order valence-corrected chi connectivity index (χ4v) is 1.36. The predicted octanol–water partition coefficient (Wildman–Crippen LogP) is 0.631. The van der Waals surface area contributed by atoms with Crippen molar-refractivity contribution in [2.24, 2.45) is 5.73 Å². The lowest BCUT2D eigenvalue weighted by atomic mass is 9.98. The molecule has 1 aromatic heterocycles. The van der Waals surface area contributed by atoms with Crippen LogP contribution in [-0.4, -0.2) is 32.7 Å². The van der Waals surface area contributed by atoms with Crippen LogP contribution in [-0.2, 0) is 4.79 Å². The summed E-state index contributed by atoms with van der Waals surface area (Å²) in [6.07, 6.45) is 0.508. The van der Waals surface area contributed by atoms with Gasteiger partial charge in [-0.15, -0.1) is 10.2 Å². The summed E-state index contributed by atoms with van der Waals surface area (Å²) in [6, 6.07) is 3.04. The van der Waals surface area contributed by atoms with Gasteiger partial charge in [-0.2, -0.15) is 0 Å². The van der Waals surface area contributed by atoms with Gasteiger partial charge < -0.3 is 16.2 Å². The number of amides is 1. The van der Waals surface area contributed by atoms with Gasteiger partial charge in [0.15, 0.2) is 5.69 Å². The Morgan fingerprint density at radius 2 is 2.06 bits per heavy atom. The number of nitrogens with one attached hydrogen (secondary N) is 1. The number of carbonyl (C=O) groups excluding carboxylic acids is 1. The lowest BCUT2D eigenvalue weighted by Crippen LogP contribution is -2.32. The molecule has 0 atom stereocenters. The van der Waals surface area contributed by atoms with Gasteiger partial charge in [-0.1, -0.05) is 0 Å². The first kappa shape index (κ1) is 13.9. The van der Waals surface area contributed by atoms with Gasteiger partial charge in [0.1, 0.15) is 5.82 Å². The topological polar surface area (TPSA) is 118 Å². The molecule has 18 heavy (non-hydrogen) atoms. The Bertz CT molecular complexity index is 442. The highest BCUT2D eigenvalue weighted by Gasteiger charge is 2.19. The van der Waals surface area contributed by atoms with E-state index in [1.165, 1.54) is 6.07 Å². The van der Waals surface area contributed by atoms with Crippen LogP contribution in [0.15, 0.2) is 12.1 Å². The number of carbonyl (C=O) groups is 2. The van der Waals surface area contributed by atoms with Gasteiger partial charge in [0.2, 0.25) is 0 Å². The number of hydrogen-bond donors (Lipinski definition) is 3. The molecule has 7 nitrogen and oxygen atoms in total. The number of primary amides is 1. The summed E-state index contributed by atoms with van der Waals surface area (Å²) < 4.78 is 0. The molecule has 0 unspecified atom stereocenters. The number of nitrogens with zero attached hydrogens (tertiary/aromatic N) is 2. The molecule has 0 fully saturated rings. The minimum Gasteiger partial charge on any atom is -0.481 e. The van der Waals surface area contributed by atoms with Gasteiger partial charge in [-0.05, 0) is 32.4 Å². The van der Waals surface area contributed by atoms with Gasteiger partial charge in [0.25, 0.3) is 5.91 Å². The van der Waals surface area contributed by atoms with Crippen LogP contribution < -0.4 is 11.1 Å². The fraction of sp³-hybridized carbons (Fsp3) is 0.455. The van der Waals surface area contributed by atoms with E-state index in [2.05, 4.69) is 15.5 Å². The Labute approximate surface area is 104 Å². The molecule has 1 heterocycles. The largest absolute Gasteiger partial charge is 0.481 e. The lowest BCUT2D eigenvalue weighted by Gasteiger charge is -2.25. The first-order valence-electron chi connectivity index (χ1n) is 5.44. The van der Waals surface area contributed by atoms with Crippen molar-refractivity contribution in [3.8, 4) is 0 Å². The van der Waals surface area contributed by atoms with Gasteiger partial charge >= 0.3 is 5.97 Å². The zero-order valence-corrected chi connectivity index (χ0v) is 10.3. The molecule has 0 bridgehead atoms. The smallest absolute Gasteiger partial charge is 0.303 e. The van der Waals surface area contributed by atoms with E-state index in [4.69, 9.17) is 10.8 Å². The van der Waals surface area contributed by atoms with Crippen molar-refractivity contribution in [2.75, 3.05) is 5.32 Å². The summed E-state index contributed by atoms with van der Waals surface area (Å²) in [7, 11) is 0. The van der Waals surface area contributed by atoms with Gasteiger partial charge in [0.05, 0.1) is 0 Å².